The second-order valence-corrected chi connectivity index (χ2v) is 4.39. The molecule has 1 N–H and O–H groups in total. The number of hydrogen-bond acceptors (Lipinski definition) is 3. The molecule has 0 saturated heterocycles. The Morgan fingerprint density at radius 2 is 2.11 bits per heavy atom. The molecule has 0 unspecified atom stereocenters. The van der Waals surface area contributed by atoms with E-state index in [9.17, 15) is 0 Å². The molecule has 3 heteroatoms. The van der Waals surface area contributed by atoms with Crippen molar-refractivity contribution in [2.75, 3.05) is 20.3 Å². The molecule has 0 saturated carbocycles. The van der Waals surface area contributed by atoms with Gasteiger partial charge in [0.25, 0.3) is 0 Å². The summed E-state index contributed by atoms with van der Waals surface area (Å²) in [5, 5.41) is 3.40. The van der Waals surface area contributed by atoms with Crippen molar-refractivity contribution in [3.63, 3.8) is 0 Å². The topological polar surface area (TPSA) is 30.5 Å². The molecule has 0 amide bonds. The van der Waals surface area contributed by atoms with Crippen LogP contribution in [0.25, 0.3) is 0 Å². The van der Waals surface area contributed by atoms with Crippen LogP contribution in [0.15, 0.2) is 24.8 Å². The third-order valence-electron chi connectivity index (χ3n) is 2.82. The Kier molecular flexibility index (Phi) is 7.04. The van der Waals surface area contributed by atoms with Gasteiger partial charge in [-0.2, -0.15) is 0 Å². The number of benzene rings is 1. The van der Waals surface area contributed by atoms with Gasteiger partial charge in [0, 0.05) is 12.1 Å². The zero-order chi connectivity index (χ0) is 14.1. The maximum absolute atomic E-state index is 5.70. The molecular formula is C16H25NO2. The number of hydrogen-bond donors (Lipinski definition) is 1. The van der Waals surface area contributed by atoms with Gasteiger partial charge in [0.15, 0.2) is 11.5 Å². The highest BCUT2D eigenvalue weighted by Gasteiger charge is 2.12. The lowest BCUT2D eigenvalue weighted by Gasteiger charge is -2.16. The minimum atomic E-state index is 0.633. The van der Waals surface area contributed by atoms with Gasteiger partial charge < -0.3 is 14.8 Å². The van der Waals surface area contributed by atoms with Gasteiger partial charge in [0.1, 0.15) is 0 Å². The van der Waals surface area contributed by atoms with Crippen LogP contribution in [0.1, 0.15) is 31.4 Å². The second-order valence-electron chi connectivity index (χ2n) is 4.39. The highest BCUT2D eigenvalue weighted by atomic mass is 16.5. The fourth-order valence-corrected chi connectivity index (χ4v) is 2.00. The normalized spacial score (nSPS) is 10.3. The van der Waals surface area contributed by atoms with Gasteiger partial charge in [-0.15, -0.1) is 6.58 Å². The highest BCUT2D eigenvalue weighted by Crippen LogP contribution is 2.33. The van der Waals surface area contributed by atoms with Gasteiger partial charge in [0.05, 0.1) is 13.7 Å². The molecular weight excluding hydrogens is 238 g/mol. The summed E-state index contributed by atoms with van der Waals surface area (Å²) in [6.07, 6.45) is 3.81. The van der Waals surface area contributed by atoms with E-state index in [1.807, 2.05) is 19.1 Å². The van der Waals surface area contributed by atoms with Crippen LogP contribution in [0.4, 0.5) is 0 Å². The lowest BCUT2D eigenvalue weighted by molar-refractivity contribution is 0.308. The van der Waals surface area contributed by atoms with E-state index in [-0.39, 0.29) is 0 Å². The molecule has 0 aliphatic heterocycles. The summed E-state index contributed by atoms with van der Waals surface area (Å²) >= 11 is 0. The number of rotatable bonds is 9. The van der Waals surface area contributed by atoms with Crippen LogP contribution >= 0.6 is 0 Å². The summed E-state index contributed by atoms with van der Waals surface area (Å²) in [5.41, 5.74) is 2.34. The van der Waals surface area contributed by atoms with Crippen molar-refractivity contribution in [1.82, 2.24) is 5.32 Å². The van der Waals surface area contributed by atoms with Crippen molar-refractivity contribution in [1.29, 1.82) is 0 Å². The number of ether oxygens (including phenoxy) is 2. The molecule has 0 radical (unpaired) electrons. The van der Waals surface area contributed by atoms with Crippen LogP contribution in [-0.2, 0) is 13.0 Å². The molecule has 1 rings (SSSR count). The monoisotopic (exact) mass is 263 g/mol. The predicted octanol–water partition coefficient (Wildman–Crippen LogP) is 3.32. The van der Waals surface area contributed by atoms with E-state index in [1.54, 1.807) is 7.11 Å². The van der Waals surface area contributed by atoms with E-state index in [0.29, 0.717) is 6.61 Å². The average Bonchev–Trinajstić information content (AvgIpc) is 2.42. The van der Waals surface area contributed by atoms with Crippen LogP contribution in [0.2, 0.25) is 0 Å². The van der Waals surface area contributed by atoms with Crippen molar-refractivity contribution in [2.45, 2.75) is 33.2 Å². The fraction of sp³-hybridized carbons (Fsp3) is 0.500. The number of methoxy groups -OCH3 is 1. The minimum Gasteiger partial charge on any atom is -0.493 e. The first-order valence-electron chi connectivity index (χ1n) is 6.90. The Bertz CT molecular complexity index is 402. The fourth-order valence-electron chi connectivity index (χ4n) is 2.00. The molecule has 1 aromatic carbocycles. The van der Waals surface area contributed by atoms with Crippen LogP contribution < -0.4 is 14.8 Å². The first-order chi connectivity index (χ1) is 9.26. The molecule has 0 fully saturated rings. The van der Waals surface area contributed by atoms with E-state index in [4.69, 9.17) is 9.47 Å². The van der Waals surface area contributed by atoms with Crippen LogP contribution in [0.3, 0.4) is 0 Å². The summed E-state index contributed by atoms with van der Waals surface area (Å²) in [7, 11) is 1.68. The Morgan fingerprint density at radius 3 is 2.68 bits per heavy atom. The molecule has 0 heterocycles. The van der Waals surface area contributed by atoms with Gasteiger partial charge in [0.2, 0.25) is 0 Å². The van der Waals surface area contributed by atoms with E-state index in [2.05, 4.69) is 24.9 Å². The van der Waals surface area contributed by atoms with Crippen molar-refractivity contribution in [3.8, 4) is 11.5 Å². The first kappa shape index (κ1) is 15.6. The Hall–Kier alpha value is -1.48. The SMILES string of the molecule is C=CCc1cc(CNCCC)cc(OC)c1OCC. The van der Waals surface area contributed by atoms with Crippen LogP contribution in [0.5, 0.6) is 11.5 Å². The van der Waals surface area contributed by atoms with Crippen LogP contribution in [0, 0.1) is 0 Å². The summed E-state index contributed by atoms with van der Waals surface area (Å²) in [4.78, 5) is 0. The standard InChI is InChI=1S/C16H25NO2/c1-5-8-14-10-13(12-17-9-6-2)11-15(18-4)16(14)19-7-3/h5,10-11,17H,1,6-9,12H2,2-4H3. The minimum absolute atomic E-state index is 0.633. The predicted molar refractivity (Wildman–Crippen MR) is 80.1 cm³/mol. The molecule has 0 bridgehead atoms. The number of nitrogens with one attached hydrogen (secondary N) is 1. The highest BCUT2D eigenvalue weighted by molar-refractivity contribution is 5.50. The van der Waals surface area contributed by atoms with Crippen molar-refractivity contribution in [2.24, 2.45) is 0 Å². The molecule has 1 aromatic rings. The van der Waals surface area contributed by atoms with Crippen molar-refractivity contribution < 1.29 is 9.47 Å². The van der Waals surface area contributed by atoms with E-state index < -0.39 is 0 Å². The first-order valence-corrected chi connectivity index (χ1v) is 6.90. The van der Waals surface area contributed by atoms with Gasteiger partial charge >= 0.3 is 0 Å². The van der Waals surface area contributed by atoms with E-state index in [0.717, 1.165) is 43.0 Å². The molecule has 0 aliphatic carbocycles. The van der Waals surface area contributed by atoms with Crippen molar-refractivity contribution in [3.05, 3.63) is 35.9 Å². The average molecular weight is 263 g/mol. The third kappa shape index (κ3) is 4.60. The second kappa shape index (κ2) is 8.59. The summed E-state index contributed by atoms with van der Waals surface area (Å²) in [6, 6.07) is 4.21. The van der Waals surface area contributed by atoms with E-state index in [1.165, 1.54) is 5.56 Å². The zero-order valence-electron chi connectivity index (χ0n) is 12.3. The zero-order valence-corrected chi connectivity index (χ0v) is 12.3. The Labute approximate surface area is 116 Å². The lowest BCUT2D eigenvalue weighted by atomic mass is 10.1. The maximum atomic E-state index is 5.70. The molecule has 19 heavy (non-hydrogen) atoms. The largest absolute Gasteiger partial charge is 0.493 e. The Balaban J connectivity index is 3.01. The molecule has 106 valence electrons. The summed E-state index contributed by atoms with van der Waals surface area (Å²) in [6.45, 7) is 10.4. The molecule has 0 aromatic heterocycles. The summed E-state index contributed by atoms with van der Waals surface area (Å²) < 4.78 is 11.1. The van der Waals surface area contributed by atoms with Crippen LogP contribution in [-0.4, -0.2) is 20.3 Å². The van der Waals surface area contributed by atoms with E-state index >= 15 is 0 Å². The lowest BCUT2D eigenvalue weighted by Crippen LogP contribution is -2.14. The maximum Gasteiger partial charge on any atom is 0.164 e. The third-order valence-corrected chi connectivity index (χ3v) is 2.82. The molecule has 0 aliphatic rings. The molecule has 3 nitrogen and oxygen atoms in total. The number of allylic oxidation sites excluding steroid dienone is 1. The molecule has 0 atom stereocenters. The van der Waals surface area contributed by atoms with Gasteiger partial charge in [-0.3, -0.25) is 0 Å². The molecule has 0 spiro atoms. The van der Waals surface area contributed by atoms with Crippen molar-refractivity contribution >= 4 is 0 Å². The smallest absolute Gasteiger partial charge is 0.164 e. The Morgan fingerprint density at radius 1 is 1.32 bits per heavy atom. The quantitative estimate of drug-likeness (QED) is 0.547. The van der Waals surface area contributed by atoms with Gasteiger partial charge in [-0.05, 0) is 37.9 Å². The summed E-state index contributed by atoms with van der Waals surface area (Å²) in [5.74, 6) is 1.64. The van der Waals surface area contributed by atoms with Gasteiger partial charge in [-0.25, -0.2) is 0 Å². The van der Waals surface area contributed by atoms with Gasteiger partial charge in [-0.1, -0.05) is 19.1 Å².